The van der Waals surface area contributed by atoms with Crippen LogP contribution in [-0.2, 0) is 9.84 Å². The molecule has 8 heteroatoms. The van der Waals surface area contributed by atoms with Crippen molar-refractivity contribution >= 4 is 15.7 Å². The lowest BCUT2D eigenvalue weighted by molar-refractivity contribution is 0.0914. The van der Waals surface area contributed by atoms with Crippen LogP contribution >= 0.6 is 0 Å². The van der Waals surface area contributed by atoms with Gasteiger partial charge in [0.05, 0.1) is 29.0 Å². The predicted octanol–water partition coefficient (Wildman–Crippen LogP) is 0.942. The van der Waals surface area contributed by atoms with Crippen LogP contribution in [0.4, 0.5) is 0 Å². The Morgan fingerprint density at radius 1 is 1.35 bits per heavy atom. The van der Waals surface area contributed by atoms with Gasteiger partial charge in [-0.25, -0.2) is 8.42 Å². The standard InChI is InChI=1S/C15H16N2O5S/c1-15(6-8-23(20,21)9-15)17-14(19)10-4-5-11(16-13(10)18)12-3-2-7-22-12/h2-5,7H,6,8-9H2,1H3,(H,16,18)(H,17,19). The molecular weight excluding hydrogens is 320 g/mol. The smallest absolute Gasteiger partial charge is 0.261 e. The third-order valence-electron chi connectivity index (χ3n) is 3.86. The summed E-state index contributed by atoms with van der Waals surface area (Å²) in [6.45, 7) is 1.67. The zero-order valence-electron chi connectivity index (χ0n) is 12.5. The van der Waals surface area contributed by atoms with Crippen LogP contribution in [0.15, 0.2) is 39.7 Å². The number of hydrogen-bond acceptors (Lipinski definition) is 5. The number of aromatic amines is 1. The van der Waals surface area contributed by atoms with Gasteiger partial charge in [0.2, 0.25) is 0 Å². The van der Waals surface area contributed by atoms with Gasteiger partial charge in [0.25, 0.3) is 11.5 Å². The maximum Gasteiger partial charge on any atom is 0.261 e. The number of nitrogens with one attached hydrogen (secondary N) is 2. The fourth-order valence-corrected chi connectivity index (χ4v) is 4.77. The summed E-state index contributed by atoms with van der Waals surface area (Å²) >= 11 is 0. The van der Waals surface area contributed by atoms with Crippen molar-refractivity contribution in [1.29, 1.82) is 0 Å². The highest BCUT2D eigenvalue weighted by molar-refractivity contribution is 7.91. The molecule has 0 saturated carbocycles. The van der Waals surface area contributed by atoms with Gasteiger partial charge in [0, 0.05) is 0 Å². The average molecular weight is 336 g/mol. The Kier molecular flexibility index (Phi) is 3.63. The van der Waals surface area contributed by atoms with E-state index in [9.17, 15) is 18.0 Å². The van der Waals surface area contributed by atoms with Crippen molar-refractivity contribution in [3.63, 3.8) is 0 Å². The summed E-state index contributed by atoms with van der Waals surface area (Å²) in [5, 5.41) is 2.66. The van der Waals surface area contributed by atoms with Gasteiger partial charge in [-0.3, -0.25) is 9.59 Å². The van der Waals surface area contributed by atoms with Crippen molar-refractivity contribution in [2.45, 2.75) is 18.9 Å². The monoisotopic (exact) mass is 336 g/mol. The first-order valence-electron chi connectivity index (χ1n) is 7.08. The molecule has 3 heterocycles. The molecular formula is C15H16N2O5S. The third kappa shape index (κ3) is 3.21. The maximum atomic E-state index is 12.3. The van der Waals surface area contributed by atoms with Crippen LogP contribution in [0.5, 0.6) is 0 Å². The number of carbonyl (C=O) groups excluding carboxylic acids is 1. The largest absolute Gasteiger partial charge is 0.463 e. The van der Waals surface area contributed by atoms with Gasteiger partial charge < -0.3 is 14.7 Å². The van der Waals surface area contributed by atoms with E-state index < -0.39 is 26.8 Å². The zero-order chi connectivity index (χ0) is 16.7. The lowest BCUT2D eigenvalue weighted by atomic mass is 10.0. The molecule has 3 rings (SSSR count). The zero-order valence-corrected chi connectivity index (χ0v) is 13.3. The van der Waals surface area contributed by atoms with Crippen molar-refractivity contribution in [3.8, 4) is 11.5 Å². The van der Waals surface area contributed by atoms with Gasteiger partial charge in [0.15, 0.2) is 9.84 Å². The third-order valence-corrected chi connectivity index (χ3v) is 5.76. The van der Waals surface area contributed by atoms with E-state index in [1.807, 2.05) is 0 Å². The minimum Gasteiger partial charge on any atom is -0.463 e. The highest BCUT2D eigenvalue weighted by Gasteiger charge is 2.39. The number of carbonyl (C=O) groups is 1. The van der Waals surface area contributed by atoms with Crippen LogP contribution in [0.25, 0.3) is 11.5 Å². The van der Waals surface area contributed by atoms with Crippen LogP contribution in [0.2, 0.25) is 0 Å². The van der Waals surface area contributed by atoms with Gasteiger partial charge in [0.1, 0.15) is 11.3 Å². The first kappa shape index (κ1) is 15.5. The number of H-pyrrole nitrogens is 1. The van der Waals surface area contributed by atoms with Crippen molar-refractivity contribution in [2.75, 3.05) is 11.5 Å². The number of rotatable bonds is 3. The van der Waals surface area contributed by atoms with Crippen LogP contribution in [0, 0.1) is 0 Å². The Bertz CT molecular complexity index is 898. The van der Waals surface area contributed by atoms with Crippen LogP contribution in [-0.4, -0.2) is 36.4 Å². The normalized spacial score (nSPS) is 22.8. The lowest BCUT2D eigenvalue weighted by Gasteiger charge is -2.23. The van der Waals surface area contributed by atoms with E-state index in [-0.39, 0.29) is 17.1 Å². The second kappa shape index (κ2) is 5.38. The van der Waals surface area contributed by atoms with E-state index in [0.717, 1.165) is 0 Å². The van der Waals surface area contributed by atoms with Crippen molar-refractivity contribution < 1.29 is 17.6 Å². The molecule has 0 radical (unpaired) electrons. The molecule has 2 aromatic rings. The average Bonchev–Trinajstić information content (AvgIpc) is 3.06. The summed E-state index contributed by atoms with van der Waals surface area (Å²) in [7, 11) is -3.14. The van der Waals surface area contributed by atoms with Crippen LogP contribution in [0.1, 0.15) is 23.7 Å². The molecule has 1 atom stereocenters. The summed E-state index contributed by atoms with van der Waals surface area (Å²) in [4.78, 5) is 27.0. The number of hydrogen-bond donors (Lipinski definition) is 2. The first-order chi connectivity index (χ1) is 10.8. The molecule has 122 valence electrons. The number of amides is 1. The van der Waals surface area contributed by atoms with Crippen LogP contribution < -0.4 is 10.9 Å². The topological polar surface area (TPSA) is 109 Å². The molecule has 7 nitrogen and oxygen atoms in total. The van der Waals surface area contributed by atoms with E-state index in [1.165, 1.54) is 12.3 Å². The Hall–Kier alpha value is -2.35. The summed E-state index contributed by atoms with van der Waals surface area (Å²) in [6.07, 6.45) is 1.82. The fourth-order valence-electron chi connectivity index (χ4n) is 2.68. The van der Waals surface area contributed by atoms with E-state index in [1.54, 1.807) is 25.1 Å². The number of sulfone groups is 1. The van der Waals surface area contributed by atoms with E-state index >= 15 is 0 Å². The SMILES string of the molecule is CC1(NC(=O)c2ccc(-c3ccco3)[nH]c2=O)CCS(=O)(=O)C1. The Morgan fingerprint density at radius 2 is 2.13 bits per heavy atom. The summed E-state index contributed by atoms with van der Waals surface area (Å²) in [6, 6.07) is 6.35. The minimum absolute atomic E-state index is 0.0393. The van der Waals surface area contributed by atoms with Crippen molar-refractivity contribution in [3.05, 3.63) is 46.4 Å². The second-order valence-corrected chi connectivity index (χ2v) is 8.13. The Balaban J connectivity index is 1.82. The van der Waals surface area contributed by atoms with Gasteiger partial charge in [-0.15, -0.1) is 0 Å². The van der Waals surface area contributed by atoms with E-state index in [4.69, 9.17) is 4.42 Å². The Labute approximate surface area is 132 Å². The molecule has 1 amide bonds. The van der Waals surface area contributed by atoms with Crippen molar-refractivity contribution in [1.82, 2.24) is 10.3 Å². The molecule has 1 aliphatic rings. The molecule has 1 fully saturated rings. The highest BCUT2D eigenvalue weighted by atomic mass is 32.2. The molecule has 1 aliphatic heterocycles. The van der Waals surface area contributed by atoms with E-state index in [2.05, 4.69) is 10.3 Å². The molecule has 2 aromatic heterocycles. The first-order valence-corrected chi connectivity index (χ1v) is 8.90. The van der Waals surface area contributed by atoms with Gasteiger partial charge in [-0.1, -0.05) is 0 Å². The molecule has 0 bridgehead atoms. The van der Waals surface area contributed by atoms with Crippen LogP contribution in [0.3, 0.4) is 0 Å². The molecule has 23 heavy (non-hydrogen) atoms. The maximum absolute atomic E-state index is 12.3. The quantitative estimate of drug-likeness (QED) is 0.867. The van der Waals surface area contributed by atoms with Gasteiger partial charge in [-0.2, -0.15) is 0 Å². The molecule has 0 aromatic carbocycles. The van der Waals surface area contributed by atoms with Gasteiger partial charge in [-0.05, 0) is 37.6 Å². The second-order valence-electron chi connectivity index (χ2n) is 5.95. The summed E-state index contributed by atoms with van der Waals surface area (Å²) < 4.78 is 28.3. The van der Waals surface area contributed by atoms with Gasteiger partial charge >= 0.3 is 0 Å². The lowest BCUT2D eigenvalue weighted by Crippen LogP contribution is -2.48. The molecule has 0 aliphatic carbocycles. The predicted molar refractivity (Wildman–Crippen MR) is 83.9 cm³/mol. The highest BCUT2D eigenvalue weighted by Crippen LogP contribution is 2.23. The molecule has 0 spiro atoms. The molecule has 1 unspecified atom stereocenters. The summed E-state index contributed by atoms with van der Waals surface area (Å²) in [5.41, 5.74) is -1.000. The summed E-state index contributed by atoms with van der Waals surface area (Å²) in [5.74, 6) is -0.175. The van der Waals surface area contributed by atoms with Crippen molar-refractivity contribution in [2.24, 2.45) is 0 Å². The molecule has 2 N–H and O–H groups in total. The number of aromatic nitrogens is 1. The number of furan rings is 1. The molecule has 1 saturated heterocycles. The Morgan fingerprint density at radius 3 is 2.70 bits per heavy atom. The minimum atomic E-state index is -3.14. The fraction of sp³-hybridized carbons (Fsp3) is 0.333. The van der Waals surface area contributed by atoms with E-state index in [0.29, 0.717) is 17.9 Å². The number of pyridine rings is 1.